The Morgan fingerprint density at radius 3 is 3.00 bits per heavy atom. The second-order valence-electron chi connectivity index (χ2n) is 4.62. The molecule has 1 aromatic rings. The van der Waals surface area contributed by atoms with E-state index in [4.69, 9.17) is 9.47 Å². The Kier molecular flexibility index (Phi) is 4.11. The van der Waals surface area contributed by atoms with Crippen LogP contribution in [-0.2, 0) is 10.3 Å². The summed E-state index contributed by atoms with van der Waals surface area (Å²) >= 11 is 0. The van der Waals surface area contributed by atoms with Gasteiger partial charge in [-0.05, 0) is 13.3 Å². The van der Waals surface area contributed by atoms with Gasteiger partial charge in [-0.1, -0.05) is 0 Å². The molecule has 2 rings (SSSR count). The summed E-state index contributed by atoms with van der Waals surface area (Å²) in [4.78, 5) is 8.24. The molecule has 0 spiro atoms. The van der Waals surface area contributed by atoms with Gasteiger partial charge < -0.3 is 19.9 Å². The van der Waals surface area contributed by atoms with Gasteiger partial charge in [0.1, 0.15) is 11.3 Å². The van der Waals surface area contributed by atoms with Gasteiger partial charge in [-0.3, -0.25) is 4.98 Å². The summed E-state index contributed by atoms with van der Waals surface area (Å²) in [6.07, 6.45) is 3.60. The zero-order valence-electron chi connectivity index (χ0n) is 10.7. The third-order valence-corrected chi connectivity index (χ3v) is 3.01. The van der Waals surface area contributed by atoms with Crippen molar-refractivity contribution >= 4 is 0 Å². The van der Waals surface area contributed by atoms with Gasteiger partial charge in [-0.15, -0.1) is 0 Å². The van der Waals surface area contributed by atoms with Gasteiger partial charge in [-0.2, -0.15) is 0 Å². The number of hydrogen-bond donors (Lipinski definition) is 2. The number of nitrogens with zero attached hydrogens (tertiary/aromatic N) is 2. The zero-order valence-corrected chi connectivity index (χ0v) is 10.7. The van der Waals surface area contributed by atoms with Crippen LogP contribution in [0.25, 0.3) is 0 Å². The van der Waals surface area contributed by atoms with Gasteiger partial charge >= 0.3 is 0 Å². The predicted octanol–water partition coefficient (Wildman–Crippen LogP) is 0.0712. The molecule has 1 aliphatic heterocycles. The van der Waals surface area contributed by atoms with Gasteiger partial charge in [0.05, 0.1) is 20.3 Å². The molecule has 2 heterocycles. The van der Waals surface area contributed by atoms with Crippen LogP contribution >= 0.6 is 0 Å². The molecular formula is C12H19N3O3. The third kappa shape index (κ3) is 2.95. The van der Waals surface area contributed by atoms with Gasteiger partial charge in [0.2, 0.25) is 5.88 Å². The summed E-state index contributed by atoms with van der Waals surface area (Å²) in [5.74, 6) is 0.360. The van der Waals surface area contributed by atoms with E-state index in [-0.39, 0.29) is 6.04 Å². The molecule has 2 N–H and O–H groups in total. The maximum atomic E-state index is 10.6. The Hall–Kier alpha value is -1.24. The summed E-state index contributed by atoms with van der Waals surface area (Å²) < 4.78 is 10.5. The van der Waals surface area contributed by atoms with E-state index < -0.39 is 5.60 Å². The van der Waals surface area contributed by atoms with Crippen molar-refractivity contribution in [2.45, 2.75) is 25.0 Å². The Balaban J connectivity index is 2.13. The van der Waals surface area contributed by atoms with Crippen molar-refractivity contribution in [3.05, 3.63) is 18.1 Å². The predicted molar refractivity (Wildman–Crippen MR) is 65.4 cm³/mol. The molecule has 2 atom stereocenters. The minimum absolute atomic E-state index is 0.112. The quantitative estimate of drug-likeness (QED) is 0.791. The van der Waals surface area contributed by atoms with E-state index in [1.807, 2.05) is 0 Å². The van der Waals surface area contributed by atoms with Crippen molar-refractivity contribution in [2.24, 2.45) is 0 Å². The van der Waals surface area contributed by atoms with Crippen LogP contribution in [0.3, 0.4) is 0 Å². The highest BCUT2D eigenvalue weighted by atomic mass is 16.5. The lowest BCUT2D eigenvalue weighted by Crippen LogP contribution is -2.45. The lowest BCUT2D eigenvalue weighted by molar-refractivity contribution is -0.00135. The maximum absolute atomic E-state index is 10.6. The van der Waals surface area contributed by atoms with Crippen molar-refractivity contribution in [3.63, 3.8) is 0 Å². The fourth-order valence-corrected chi connectivity index (χ4v) is 2.17. The second-order valence-corrected chi connectivity index (χ2v) is 4.62. The Morgan fingerprint density at radius 2 is 2.33 bits per heavy atom. The highest BCUT2D eigenvalue weighted by Gasteiger charge is 2.33. The number of rotatable bonds is 4. The highest BCUT2D eigenvalue weighted by Crippen LogP contribution is 2.30. The van der Waals surface area contributed by atoms with Crippen LogP contribution in [0.1, 0.15) is 19.0 Å². The molecule has 1 saturated heterocycles. The Morgan fingerprint density at radius 1 is 1.56 bits per heavy atom. The smallest absolute Gasteiger partial charge is 0.238 e. The number of methoxy groups -OCH3 is 1. The molecule has 0 amide bonds. The Bertz CT molecular complexity index is 392. The van der Waals surface area contributed by atoms with E-state index in [1.165, 1.54) is 7.11 Å². The van der Waals surface area contributed by atoms with Crippen LogP contribution in [0.15, 0.2) is 12.4 Å². The second kappa shape index (κ2) is 5.60. The summed E-state index contributed by atoms with van der Waals surface area (Å²) in [5, 5.41) is 13.9. The molecule has 0 aliphatic carbocycles. The zero-order chi connectivity index (χ0) is 13.0. The van der Waals surface area contributed by atoms with Crippen LogP contribution in [0, 0.1) is 0 Å². The normalized spacial score (nSPS) is 23.4. The van der Waals surface area contributed by atoms with E-state index in [0.717, 1.165) is 6.54 Å². The van der Waals surface area contributed by atoms with E-state index in [9.17, 15) is 5.11 Å². The fraction of sp³-hybridized carbons (Fsp3) is 0.667. The van der Waals surface area contributed by atoms with Gasteiger partial charge in [0, 0.05) is 25.0 Å². The van der Waals surface area contributed by atoms with Crippen LogP contribution in [-0.4, -0.2) is 48.0 Å². The SMILES string of the molecule is COc1nccnc1C(C)(O)CC1COCCN1. The van der Waals surface area contributed by atoms with E-state index in [0.29, 0.717) is 31.2 Å². The standard InChI is InChI=1S/C12H19N3O3/c1-12(16,7-9-8-18-6-5-13-9)10-11(17-2)15-4-3-14-10/h3-4,9,13,16H,5-8H2,1-2H3. The first-order valence-electron chi connectivity index (χ1n) is 6.02. The van der Waals surface area contributed by atoms with Crippen molar-refractivity contribution < 1.29 is 14.6 Å². The minimum atomic E-state index is -1.10. The molecule has 1 aromatic heterocycles. The first-order chi connectivity index (χ1) is 8.63. The van der Waals surface area contributed by atoms with Crippen molar-refractivity contribution in [1.29, 1.82) is 0 Å². The van der Waals surface area contributed by atoms with Crippen LogP contribution in [0.4, 0.5) is 0 Å². The van der Waals surface area contributed by atoms with Gasteiger partial charge in [0.15, 0.2) is 0 Å². The largest absolute Gasteiger partial charge is 0.480 e. The number of hydrogen-bond acceptors (Lipinski definition) is 6. The molecule has 100 valence electrons. The third-order valence-electron chi connectivity index (χ3n) is 3.01. The van der Waals surface area contributed by atoms with Crippen LogP contribution in [0.5, 0.6) is 5.88 Å². The molecule has 6 heteroatoms. The molecule has 2 unspecified atom stereocenters. The first kappa shape index (κ1) is 13.2. The van der Waals surface area contributed by atoms with E-state index >= 15 is 0 Å². The Labute approximate surface area is 106 Å². The maximum Gasteiger partial charge on any atom is 0.238 e. The van der Waals surface area contributed by atoms with Crippen molar-refractivity contribution in [2.75, 3.05) is 26.9 Å². The summed E-state index contributed by atoms with van der Waals surface area (Å²) in [5.41, 5.74) is -0.641. The number of ether oxygens (including phenoxy) is 2. The molecule has 0 aromatic carbocycles. The first-order valence-corrected chi connectivity index (χ1v) is 6.02. The molecule has 1 aliphatic rings. The summed E-state index contributed by atoms with van der Waals surface area (Å²) in [6.45, 7) is 3.83. The molecular weight excluding hydrogens is 234 g/mol. The fourth-order valence-electron chi connectivity index (χ4n) is 2.17. The van der Waals surface area contributed by atoms with E-state index in [1.54, 1.807) is 19.3 Å². The van der Waals surface area contributed by atoms with Crippen molar-refractivity contribution in [3.8, 4) is 5.88 Å². The topological polar surface area (TPSA) is 76.5 Å². The number of nitrogens with one attached hydrogen (secondary N) is 1. The van der Waals surface area contributed by atoms with Gasteiger partial charge in [0.25, 0.3) is 0 Å². The monoisotopic (exact) mass is 253 g/mol. The number of aromatic nitrogens is 2. The molecule has 1 fully saturated rings. The highest BCUT2D eigenvalue weighted by molar-refractivity contribution is 5.23. The summed E-state index contributed by atoms with van der Waals surface area (Å²) in [6, 6.07) is 0.112. The summed E-state index contributed by atoms with van der Waals surface area (Å²) in [7, 11) is 1.52. The average molecular weight is 253 g/mol. The lowest BCUT2D eigenvalue weighted by Gasteiger charge is -2.31. The number of morpholine rings is 1. The minimum Gasteiger partial charge on any atom is -0.480 e. The molecule has 0 bridgehead atoms. The molecule has 6 nitrogen and oxygen atoms in total. The molecule has 0 saturated carbocycles. The number of aliphatic hydroxyl groups is 1. The lowest BCUT2D eigenvalue weighted by atomic mass is 9.93. The van der Waals surface area contributed by atoms with Crippen molar-refractivity contribution in [1.82, 2.24) is 15.3 Å². The van der Waals surface area contributed by atoms with E-state index in [2.05, 4.69) is 15.3 Å². The van der Waals surface area contributed by atoms with Gasteiger partial charge in [-0.25, -0.2) is 4.98 Å². The van der Waals surface area contributed by atoms with Crippen LogP contribution in [0.2, 0.25) is 0 Å². The average Bonchev–Trinajstić information content (AvgIpc) is 2.39. The molecule has 0 radical (unpaired) electrons. The van der Waals surface area contributed by atoms with Crippen LogP contribution < -0.4 is 10.1 Å². The molecule has 18 heavy (non-hydrogen) atoms.